The van der Waals surface area contributed by atoms with E-state index in [4.69, 9.17) is 23.2 Å². The number of nitrogens with zero attached hydrogens (tertiary/aromatic N) is 4. The van der Waals surface area contributed by atoms with E-state index in [2.05, 4.69) is 27.3 Å². The first kappa shape index (κ1) is 14.1. The van der Waals surface area contributed by atoms with Crippen LogP contribution in [0.15, 0.2) is 30.6 Å². The van der Waals surface area contributed by atoms with Crippen molar-refractivity contribution in [3.63, 3.8) is 0 Å². The summed E-state index contributed by atoms with van der Waals surface area (Å²) in [6, 6.07) is 7.76. The Morgan fingerprint density at radius 1 is 1.19 bits per heavy atom. The second kappa shape index (κ2) is 5.50. The zero-order valence-corrected chi connectivity index (χ0v) is 13.0. The van der Waals surface area contributed by atoms with Gasteiger partial charge < -0.3 is 5.32 Å². The van der Waals surface area contributed by atoms with Crippen molar-refractivity contribution in [3.8, 4) is 0 Å². The second-order valence-corrected chi connectivity index (χ2v) is 5.56. The number of anilines is 1. The van der Waals surface area contributed by atoms with Crippen LogP contribution in [0.5, 0.6) is 0 Å². The molecule has 0 radical (unpaired) electrons. The molecule has 1 atom stereocenters. The fourth-order valence-electron chi connectivity index (χ4n) is 2.11. The molecule has 0 bridgehead atoms. The van der Waals surface area contributed by atoms with Gasteiger partial charge in [0.25, 0.3) is 5.78 Å². The molecule has 0 spiro atoms. The number of hydrogen-bond donors (Lipinski definition) is 1. The summed E-state index contributed by atoms with van der Waals surface area (Å²) in [4.78, 5) is 8.26. The Morgan fingerprint density at radius 2 is 1.90 bits per heavy atom. The van der Waals surface area contributed by atoms with E-state index >= 15 is 0 Å². The molecule has 0 aliphatic carbocycles. The summed E-state index contributed by atoms with van der Waals surface area (Å²) in [5.74, 6) is 1.25. The quantitative estimate of drug-likeness (QED) is 0.743. The van der Waals surface area contributed by atoms with Crippen molar-refractivity contribution in [2.45, 2.75) is 19.9 Å². The van der Waals surface area contributed by atoms with Crippen LogP contribution < -0.4 is 5.32 Å². The van der Waals surface area contributed by atoms with Gasteiger partial charge in [-0.05, 0) is 31.5 Å². The van der Waals surface area contributed by atoms with Crippen molar-refractivity contribution in [1.82, 2.24) is 19.6 Å². The van der Waals surface area contributed by atoms with Gasteiger partial charge in [0.1, 0.15) is 17.3 Å². The third-order valence-electron chi connectivity index (χ3n) is 3.33. The molecule has 0 amide bonds. The zero-order chi connectivity index (χ0) is 15.0. The van der Waals surface area contributed by atoms with Gasteiger partial charge >= 0.3 is 0 Å². The van der Waals surface area contributed by atoms with E-state index in [0.29, 0.717) is 16.0 Å². The van der Waals surface area contributed by atoms with Gasteiger partial charge in [-0.25, -0.2) is 0 Å². The van der Waals surface area contributed by atoms with E-state index in [0.717, 1.165) is 16.9 Å². The summed E-state index contributed by atoms with van der Waals surface area (Å²) in [5, 5.41) is 8.72. The number of halogens is 2. The topological polar surface area (TPSA) is 55.1 Å². The zero-order valence-electron chi connectivity index (χ0n) is 11.5. The summed E-state index contributed by atoms with van der Waals surface area (Å²) in [6.07, 6.45) is 1.45. The smallest absolute Gasteiger partial charge is 0.255 e. The predicted molar refractivity (Wildman–Crippen MR) is 84.0 cm³/mol. The molecule has 1 aromatic carbocycles. The molecule has 5 nitrogen and oxygen atoms in total. The molecule has 1 N–H and O–H groups in total. The summed E-state index contributed by atoms with van der Waals surface area (Å²) in [6.45, 7) is 3.95. The number of nitrogens with one attached hydrogen (secondary N) is 1. The van der Waals surface area contributed by atoms with Crippen molar-refractivity contribution in [3.05, 3.63) is 51.9 Å². The fourth-order valence-corrected chi connectivity index (χ4v) is 2.40. The third-order valence-corrected chi connectivity index (χ3v) is 3.95. The van der Waals surface area contributed by atoms with Gasteiger partial charge in [-0.1, -0.05) is 35.3 Å². The van der Waals surface area contributed by atoms with Crippen LogP contribution in [0.4, 0.5) is 5.82 Å². The van der Waals surface area contributed by atoms with Crippen LogP contribution in [0.3, 0.4) is 0 Å². The Labute approximate surface area is 131 Å². The average molecular weight is 322 g/mol. The van der Waals surface area contributed by atoms with E-state index < -0.39 is 0 Å². The minimum Gasteiger partial charge on any atom is -0.363 e. The third kappa shape index (κ3) is 2.66. The summed E-state index contributed by atoms with van der Waals surface area (Å²) in [7, 11) is 0. The number of fused-ring (bicyclic) bond motifs is 1. The first-order chi connectivity index (χ1) is 10.1. The van der Waals surface area contributed by atoms with Crippen LogP contribution in [0.25, 0.3) is 5.78 Å². The fraction of sp³-hybridized carbons (Fsp3) is 0.214. The summed E-state index contributed by atoms with van der Waals surface area (Å²) >= 11 is 12.1. The Hall–Kier alpha value is -1.85. The van der Waals surface area contributed by atoms with Crippen LogP contribution in [0.1, 0.15) is 24.1 Å². The van der Waals surface area contributed by atoms with E-state index in [1.807, 2.05) is 31.2 Å². The van der Waals surface area contributed by atoms with Crippen molar-refractivity contribution >= 4 is 34.8 Å². The lowest BCUT2D eigenvalue weighted by molar-refractivity contribution is 0.835. The minimum atomic E-state index is 0.0619. The van der Waals surface area contributed by atoms with Crippen LogP contribution in [-0.4, -0.2) is 19.6 Å². The lowest BCUT2D eigenvalue weighted by atomic mass is 10.1. The monoisotopic (exact) mass is 321 g/mol. The van der Waals surface area contributed by atoms with E-state index in [9.17, 15) is 0 Å². The summed E-state index contributed by atoms with van der Waals surface area (Å²) in [5.41, 5.74) is 1.94. The SMILES string of the molecule is Cc1c(Cl)nc2ncnn2c1NC(C)c1ccc(Cl)cc1. The standard InChI is InChI=1S/C14H13Cl2N5/c1-8-12(16)20-14-17-7-18-21(14)13(8)19-9(2)10-3-5-11(15)6-4-10/h3-7,9,19H,1-2H3. The van der Waals surface area contributed by atoms with Crippen LogP contribution in [0, 0.1) is 6.92 Å². The average Bonchev–Trinajstić information content (AvgIpc) is 2.92. The van der Waals surface area contributed by atoms with Crippen molar-refractivity contribution in [2.75, 3.05) is 5.32 Å². The molecule has 2 heterocycles. The van der Waals surface area contributed by atoms with Gasteiger partial charge in [0.15, 0.2) is 0 Å². The molecule has 0 aliphatic heterocycles. The molecular formula is C14H13Cl2N5. The van der Waals surface area contributed by atoms with Crippen LogP contribution in [0.2, 0.25) is 10.2 Å². The summed E-state index contributed by atoms with van der Waals surface area (Å²) < 4.78 is 1.65. The Morgan fingerprint density at radius 3 is 2.62 bits per heavy atom. The Kier molecular flexibility index (Phi) is 3.69. The van der Waals surface area contributed by atoms with Crippen molar-refractivity contribution < 1.29 is 0 Å². The largest absolute Gasteiger partial charge is 0.363 e. The van der Waals surface area contributed by atoms with Crippen LogP contribution >= 0.6 is 23.2 Å². The van der Waals surface area contributed by atoms with Gasteiger partial charge in [0.2, 0.25) is 0 Å². The van der Waals surface area contributed by atoms with Crippen molar-refractivity contribution in [2.24, 2.45) is 0 Å². The van der Waals surface area contributed by atoms with E-state index in [-0.39, 0.29) is 6.04 Å². The van der Waals surface area contributed by atoms with Crippen LogP contribution in [-0.2, 0) is 0 Å². The maximum absolute atomic E-state index is 6.15. The minimum absolute atomic E-state index is 0.0619. The van der Waals surface area contributed by atoms with E-state index in [1.54, 1.807) is 4.52 Å². The molecule has 0 fully saturated rings. The highest BCUT2D eigenvalue weighted by atomic mass is 35.5. The molecule has 3 aromatic rings. The van der Waals surface area contributed by atoms with Gasteiger partial charge in [-0.3, -0.25) is 0 Å². The molecule has 0 aliphatic rings. The first-order valence-corrected chi connectivity index (χ1v) is 7.19. The van der Waals surface area contributed by atoms with Gasteiger partial charge in [-0.2, -0.15) is 19.6 Å². The maximum atomic E-state index is 6.15. The molecular weight excluding hydrogens is 309 g/mol. The number of hydrogen-bond acceptors (Lipinski definition) is 4. The molecule has 108 valence electrons. The molecule has 1 unspecified atom stereocenters. The second-order valence-electron chi connectivity index (χ2n) is 4.77. The van der Waals surface area contributed by atoms with Gasteiger partial charge in [0.05, 0.1) is 0 Å². The molecule has 0 saturated heterocycles. The Bertz CT molecular complexity index is 782. The molecule has 2 aromatic heterocycles. The van der Waals surface area contributed by atoms with Gasteiger partial charge in [0, 0.05) is 16.6 Å². The van der Waals surface area contributed by atoms with Gasteiger partial charge in [-0.15, -0.1) is 0 Å². The van der Waals surface area contributed by atoms with Crippen molar-refractivity contribution in [1.29, 1.82) is 0 Å². The normalized spacial score (nSPS) is 12.6. The lowest BCUT2D eigenvalue weighted by Gasteiger charge is -2.18. The highest BCUT2D eigenvalue weighted by Gasteiger charge is 2.15. The lowest BCUT2D eigenvalue weighted by Crippen LogP contribution is -2.12. The van der Waals surface area contributed by atoms with E-state index in [1.165, 1.54) is 6.33 Å². The first-order valence-electron chi connectivity index (χ1n) is 6.44. The predicted octanol–water partition coefficient (Wildman–Crippen LogP) is 3.91. The highest BCUT2D eigenvalue weighted by Crippen LogP contribution is 2.26. The maximum Gasteiger partial charge on any atom is 0.255 e. The highest BCUT2D eigenvalue weighted by molar-refractivity contribution is 6.30. The number of rotatable bonds is 3. The molecule has 3 rings (SSSR count). The molecule has 0 saturated carbocycles. The number of aromatic nitrogens is 4. The Balaban J connectivity index is 1.99. The number of benzene rings is 1. The molecule has 7 heteroatoms. The molecule has 21 heavy (non-hydrogen) atoms.